The van der Waals surface area contributed by atoms with Gasteiger partial charge in [-0.05, 0) is 18.8 Å². The minimum absolute atomic E-state index is 0.489. The zero-order valence-electron chi connectivity index (χ0n) is 7.44. The first-order valence-corrected chi connectivity index (χ1v) is 4.84. The van der Waals surface area contributed by atoms with Crippen LogP contribution < -0.4 is 0 Å². The van der Waals surface area contributed by atoms with Crippen molar-refractivity contribution in [2.45, 2.75) is 51.9 Å². The molecular formula is C10H18O. The molecule has 0 radical (unpaired) electrons. The SMILES string of the molecule is CCCC1CCCC(=O)CC1. The smallest absolute Gasteiger partial charge is 0.132 e. The standard InChI is InChI=1S/C10H18O/c1-2-4-9-5-3-6-10(11)8-7-9/h9H,2-8H2,1H3. The van der Waals surface area contributed by atoms with Gasteiger partial charge in [0.15, 0.2) is 0 Å². The van der Waals surface area contributed by atoms with Gasteiger partial charge in [0.2, 0.25) is 0 Å². The topological polar surface area (TPSA) is 17.1 Å². The predicted molar refractivity (Wildman–Crippen MR) is 46.5 cm³/mol. The largest absolute Gasteiger partial charge is 0.300 e. The van der Waals surface area contributed by atoms with E-state index in [9.17, 15) is 4.79 Å². The summed E-state index contributed by atoms with van der Waals surface area (Å²) in [4.78, 5) is 11.0. The maximum Gasteiger partial charge on any atom is 0.132 e. The summed E-state index contributed by atoms with van der Waals surface area (Å²) < 4.78 is 0. The predicted octanol–water partition coefficient (Wildman–Crippen LogP) is 2.94. The molecule has 1 aliphatic rings. The molecule has 0 saturated heterocycles. The summed E-state index contributed by atoms with van der Waals surface area (Å²) in [7, 11) is 0. The monoisotopic (exact) mass is 154 g/mol. The number of carbonyl (C=O) groups excluding carboxylic acids is 1. The Morgan fingerprint density at radius 1 is 1.36 bits per heavy atom. The summed E-state index contributed by atoms with van der Waals surface area (Å²) in [5.74, 6) is 1.34. The molecule has 1 fully saturated rings. The minimum atomic E-state index is 0.489. The van der Waals surface area contributed by atoms with Gasteiger partial charge < -0.3 is 0 Å². The molecular weight excluding hydrogens is 136 g/mol. The van der Waals surface area contributed by atoms with Crippen LogP contribution in [0.1, 0.15) is 51.9 Å². The molecule has 0 spiro atoms. The fourth-order valence-electron chi connectivity index (χ4n) is 1.92. The van der Waals surface area contributed by atoms with E-state index in [1.807, 2.05) is 0 Å². The van der Waals surface area contributed by atoms with E-state index in [0.29, 0.717) is 5.78 Å². The van der Waals surface area contributed by atoms with Gasteiger partial charge in [0.1, 0.15) is 5.78 Å². The van der Waals surface area contributed by atoms with Crippen LogP contribution in [0, 0.1) is 5.92 Å². The Kier molecular flexibility index (Phi) is 3.61. The van der Waals surface area contributed by atoms with Crippen LogP contribution in [-0.4, -0.2) is 5.78 Å². The van der Waals surface area contributed by atoms with Crippen LogP contribution in [0.5, 0.6) is 0 Å². The van der Waals surface area contributed by atoms with Crippen LogP contribution >= 0.6 is 0 Å². The molecule has 0 aromatic carbocycles. The van der Waals surface area contributed by atoms with Gasteiger partial charge >= 0.3 is 0 Å². The van der Waals surface area contributed by atoms with E-state index in [0.717, 1.165) is 31.6 Å². The Bertz CT molecular complexity index is 129. The highest BCUT2D eigenvalue weighted by molar-refractivity contribution is 5.78. The summed E-state index contributed by atoms with van der Waals surface area (Å²) in [6, 6.07) is 0. The highest BCUT2D eigenvalue weighted by Gasteiger charge is 2.14. The molecule has 1 unspecified atom stereocenters. The lowest BCUT2D eigenvalue weighted by atomic mass is 9.95. The average Bonchev–Trinajstić information content (AvgIpc) is 2.17. The molecule has 64 valence electrons. The van der Waals surface area contributed by atoms with Crippen molar-refractivity contribution in [1.29, 1.82) is 0 Å². The second-order valence-corrected chi connectivity index (χ2v) is 3.62. The molecule has 1 nitrogen and oxygen atoms in total. The Hall–Kier alpha value is -0.330. The minimum Gasteiger partial charge on any atom is -0.300 e. The maximum atomic E-state index is 11.0. The first-order chi connectivity index (χ1) is 5.33. The molecule has 1 atom stereocenters. The molecule has 0 aromatic rings. The average molecular weight is 154 g/mol. The number of hydrogen-bond donors (Lipinski definition) is 0. The first kappa shape index (κ1) is 8.76. The molecule has 1 rings (SSSR count). The molecule has 0 N–H and O–H groups in total. The number of Topliss-reactive ketones (excluding diaryl/α,β-unsaturated/α-hetero) is 1. The van der Waals surface area contributed by atoms with Crippen molar-refractivity contribution in [3.8, 4) is 0 Å². The van der Waals surface area contributed by atoms with E-state index in [4.69, 9.17) is 0 Å². The lowest BCUT2D eigenvalue weighted by Gasteiger charge is -2.10. The van der Waals surface area contributed by atoms with Crippen LogP contribution in [0.3, 0.4) is 0 Å². The van der Waals surface area contributed by atoms with Gasteiger partial charge in [-0.3, -0.25) is 4.79 Å². The van der Waals surface area contributed by atoms with Crippen molar-refractivity contribution in [2.24, 2.45) is 5.92 Å². The zero-order chi connectivity index (χ0) is 8.10. The maximum absolute atomic E-state index is 11.0. The normalized spacial score (nSPS) is 26.6. The molecule has 11 heavy (non-hydrogen) atoms. The molecule has 1 heteroatoms. The van der Waals surface area contributed by atoms with E-state index >= 15 is 0 Å². The molecule has 0 aliphatic heterocycles. The zero-order valence-corrected chi connectivity index (χ0v) is 7.44. The van der Waals surface area contributed by atoms with Gasteiger partial charge in [-0.2, -0.15) is 0 Å². The van der Waals surface area contributed by atoms with Gasteiger partial charge in [0.25, 0.3) is 0 Å². The number of carbonyl (C=O) groups is 1. The van der Waals surface area contributed by atoms with Crippen molar-refractivity contribution in [2.75, 3.05) is 0 Å². The third-order valence-electron chi connectivity index (χ3n) is 2.60. The van der Waals surface area contributed by atoms with Crippen LogP contribution in [0.15, 0.2) is 0 Å². The fourth-order valence-corrected chi connectivity index (χ4v) is 1.92. The quantitative estimate of drug-likeness (QED) is 0.559. The Morgan fingerprint density at radius 3 is 2.91 bits per heavy atom. The van der Waals surface area contributed by atoms with Gasteiger partial charge in [-0.15, -0.1) is 0 Å². The summed E-state index contributed by atoms with van der Waals surface area (Å²) in [6.07, 6.45) is 7.90. The van der Waals surface area contributed by atoms with Crippen molar-refractivity contribution in [3.63, 3.8) is 0 Å². The Morgan fingerprint density at radius 2 is 2.18 bits per heavy atom. The van der Waals surface area contributed by atoms with Crippen LogP contribution in [0.4, 0.5) is 0 Å². The molecule has 0 heterocycles. The van der Waals surface area contributed by atoms with Gasteiger partial charge in [-0.1, -0.05) is 26.2 Å². The second-order valence-electron chi connectivity index (χ2n) is 3.62. The van der Waals surface area contributed by atoms with Crippen LogP contribution in [0.2, 0.25) is 0 Å². The third kappa shape index (κ3) is 3.04. The summed E-state index contributed by atoms with van der Waals surface area (Å²) in [5, 5.41) is 0. The fraction of sp³-hybridized carbons (Fsp3) is 0.900. The van der Waals surface area contributed by atoms with Gasteiger partial charge in [0, 0.05) is 12.8 Å². The van der Waals surface area contributed by atoms with E-state index in [1.54, 1.807) is 0 Å². The van der Waals surface area contributed by atoms with Crippen molar-refractivity contribution < 1.29 is 4.79 Å². The summed E-state index contributed by atoms with van der Waals surface area (Å²) in [5.41, 5.74) is 0. The molecule has 1 saturated carbocycles. The van der Waals surface area contributed by atoms with Crippen LogP contribution in [-0.2, 0) is 4.79 Å². The van der Waals surface area contributed by atoms with E-state index in [1.165, 1.54) is 19.3 Å². The van der Waals surface area contributed by atoms with E-state index < -0.39 is 0 Å². The second kappa shape index (κ2) is 4.53. The highest BCUT2D eigenvalue weighted by atomic mass is 16.1. The van der Waals surface area contributed by atoms with Gasteiger partial charge in [0.05, 0.1) is 0 Å². The molecule has 0 aromatic heterocycles. The van der Waals surface area contributed by atoms with Crippen molar-refractivity contribution in [1.82, 2.24) is 0 Å². The lowest BCUT2D eigenvalue weighted by Crippen LogP contribution is -1.98. The third-order valence-corrected chi connectivity index (χ3v) is 2.60. The molecule has 0 amide bonds. The van der Waals surface area contributed by atoms with E-state index in [2.05, 4.69) is 6.92 Å². The molecule has 0 bridgehead atoms. The first-order valence-electron chi connectivity index (χ1n) is 4.84. The van der Waals surface area contributed by atoms with E-state index in [-0.39, 0.29) is 0 Å². The number of ketones is 1. The Labute approximate surface area is 69.2 Å². The van der Waals surface area contributed by atoms with Crippen molar-refractivity contribution in [3.05, 3.63) is 0 Å². The summed E-state index contributed by atoms with van der Waals surface area (Å²) in [6.45, 7) is 2.23. The van der Waals surface area contributed by atoms with Gasteiger partial charge in [-0.25, -0.2) is 0 Å². The highest BCUT2D eigenvalue weighted by Crippen LogP contribution is 2.24. The van der Waals surface area contributed by atoms with Crippen LogP contribution in [0.25, 0.3) is 0 Å². The lowest BCUT2D eigenvalue weighted by molar-refractivity contribution is -0.118. The van der Waals surface area contributed by atoms with Crippen molar-refractivity contribution >= 4 is 5.78 Å². The summed E-state index contributed by atoms with van der Waals surface area (Å²) >= 11 is 0. The Balaban J connectivity index is 2.28. The number of hydrogen-bond acceptors (Lipinski definition) is 1. The molecule has 1 aliphatic carbocycles. The number of rotatable bonds is 2.